The molecule has 0 saturated heterocycles. The van der Waals surface area contributed by atoms with Gasteiger partial charge < -0.3 is 14.4 Å². The predicted octanol–water partition coefficient (Wildman–Crippen LogP) is 5.86. The predicted molar refractivity (Wildman–Crippen MR) is 164 cm³/mol. The van der Waals surface area contributed by atoms with E-state index in [0.29, 0.717) is 23.1 Å². The van der Waals surface area contributed by atoms with Crippen LogP contribution in [0.25, 0.3) is 27.8 Å². The lowest BCUT2D eigenvalue weighted by molar-refractivity contribution is 0.0829. The maximum absolute atomic E-state index is 13.2. The summed E-state index contributed by atoms with van der Waals surface area (Å²) in [5.74, 6) is 0.633. The van der Waals surface area contributed by atoms with E-state index in [1.165, 1.54) is 11.1 Å². The van der Waals surface area contributed by atoms with E-state index in [2.05, 4.69) is 63.7 Å². The van der Waals surface area contributed by atoms with Crippen LogP contribution in [0.1, 0.15) is 46.6 Å². The van der Waals surface area contributed by atoms with E-state index in [-0.39, 0.29) is 5.91 Å². The van der Waals surface area contributed by atoms with Crippen molar-refractivity contribution in [3.05, 3.63) is 88.0 Å². The summed E-state index contributed by atoms with van der Waals surface area (Å²) in [4.78, 5) is 26.0. The minimum absolute atomic E-state index is 0.0189. The summed E-state index contributed by atoms with van der Waals surface area (Å²) in [6, 6.07) is 12.7. The summed E-state index contributed by atoms with van der Waals surface area (Å²) >= 11 is 6.09. The molecule has 0 atom stereocenters. The second-order valence-electron chi connectivity index (χ2n) is 10.7. The molecule has 5 aromatic rings. The maximum Gasteiger partial charge on any atom is 0.255 e. The monoisotopic (exact) mass is 567 g/mol. The number of aromatic nitrogens is 5. The topological polar surface area (TPSA) is 72.1 Å². The van der Waals surface area contributed by atoms with Gasteiger partial charge in [0.2, 0.25) is 5.95 Å². The average Bonchev–Trinajstić information content (AvgIpc) is 3.56. The third kappa shape index (κ3) is 4.56. The summed E-state index contributed by atoms with van der Waals surface area (Å²) in [6.07, 6.45) is 7.88. The zero-order valence-corrected chi connectivity index (χ0v) is 24.9. The lowest BCUT2D eigenvalue weighted by atomic mass is 9.96. The Bertz CT molecular complexity index is 1750. The molecule has 9 heteroatoms. The number of carbonyl (C=O) groups excluding carboxylic acids is 1. The van der Waals surface area contributed by atoms with Crippen molar-refractivity contribution in [1.29, 1.82) is 0 Å². The third-order valence-electron chi connectivity index (χ3n) is 8.03. The molecule has 1 aliphatic heterocycles. The normalized spacial score (nSPS) is 13.1. The van der Waals surface area contributed by atoms with Crippen LogP contribution in [0.15, 0.2) is 55.0 Å². The van der Waals surface area contributed by atoms with E-state index >= 15 is 0 Å². The van der Waals surface area contributed by atoms with Gasteiger partial charge in [0.1, 0.15) is 0 Å². The van der Waals surface area contributed by atoms with Gasteiger partial charge in [-0.05, 0) is 36.1 Å². The van der Waals surface area contributed by atoms with Gasteiger partial charge in [-0.15, -0.1) is 0 Å². The summed E-state index contributed by atoms with van der Waals surface area (Å²) < 4.78 is 4.21. The highest BCUT2D eigenvalue weighted by Gasteiger charge is 2.30. The van der Waals surface area contributed by atoms with Crippen molar-refractivity contribution in [2.24, 2.45) is 7.05 Å². The number of anilines is 1. The molecule has 210 valence electrons. The Balaban J connectivity index is 1.63. The smallest absolute Gasteiger partial charge is 0.255 e. The highest BCUT2D eigenvalue weighted by molar-refractivity contribution is 6.30. The zero-order chi connectivity index (χ0) is 28.8. The lowest BCUT2D eigenvalue weighted by Crippen LogP contribution is -2.31. The molecule has 0 radical (unpaired) electrons. The molecule has 0 N–H and O–H groups in total. The van der Waals surface area contributed by atoms with Crippen molar-refractivity contribution < 1.29 is 4.79 Å². The molecule has 41 heavy (non-hydrogen) atoms. The molecule has 1 amide bonds. The molecular weight excluding hydrogens is 534 g/mol. The minimum Gasteiger partial charge on any atom is -0.350 e. The Morgan fingerprint density at radius 1 is 1.02 bits per heavy atom. The van der Waals surface area contributed by atoms with Gasteiger partial charge in [0, 0.05) is 63.4 Å². The summed E-state index contributed by atoms with van der Waals surface area (Å²) in [5.41, 5.74) is 9.59. The number of hydrogen-bond donors (Lipinski definition) is 0. The molecule has 0 fully saturated rings. The molecule has 8 nitrogen and oxygen atoms in total. The van der Waals surface area contributed by atoms with Crippen LogP contribution in [0.2, 0.25) is 5.02 Å². The number of para-hydroxylation sites is 1. The quantitative estimate of drug-likeness (QED) is 0.257. The van der Waals surface area contributed by atoms with Gasteiger partial charge in [-0.3, -0.25) is 4.79 Å². The molecule has 4 heterocycles. The first kappa shape index (κ1) is 27.0. The average molecular weight is 568 g/mol. The second kappa shape index (κ2) is 10.7. The summed E-state index contributed by atoms with van der Waals surface area (Å²) in [6.45, 7) is 5.77. The molecule has 0 unspecified atom stereocenters. The maximum atomic E-state index is 13.2. The fourth-order valence-corrected chi connectivity index (χ4v) is 6.07. The van der Waals surface area contributed by atoms with Crippen LogP contribution < -0.4 is 4.90 Å². The number of carbonyl (C=O) groups is 1. The number of rotatable bonds is 6. The van der Waals surface area contributed by atoms with Crippen molar-refractivity contribution >= 4 is 34.4 Å². The Morgan fingerprint density at radius 3 is 2.39 bits per heavy atom. The Hall–Kier alpha value is -4.17. The van der Waals surface area contributed by atoms with Crippen molar-refractivity contribution in [2.75, 3.05) is 25.5 Å². The number of nitrogens with zero attached hydrogens (tertiary/aromatic N) is 7. The van der Waals surface area contributed by atoms with Crippen LogP contribution in [0.4, 0.5) is 5.95 Å². The lowest BCUT2D eigenvalue weighted by Gasteiger charge is -2.27. The molecule has 6 rings (SSSR count). The highest BCUT2D eigenvalue weighted by Crippen LogP contribution is 2.40. The van der Waals surface area contributed by atoms with E-state index in [0.717, 1.165) is 64.9 Å². The third-order valence-corrected chi connectivity index (χ3v) is 8.22. The number of hydrogen-bond acceptors (Lipinski definition) is 5. The van der Waals surface area contributed by atoms with Crippen LogP contribution >= 0.6 is 11.6 Å². The second-order valence-corrected chi connectivity index (χ2v) is 11.2. The molecule has 0 bridgehead atoms. The van der Waals surface area contributed by atoms with E-state index < -0.39 is 0 Å². The fraction of sp³-hybridized carbons (Fsp3) is 0.312. The van der Waals surface area contributed by atoms with Gasteiger partial charge in [-0.25, -0.2) is 14.6 Å². The van der Waals surface area contributed by atoms with Crippen molar-refractivity contribution in [3.63, 3.8) is 0 Å². The Labute approximate surface area is 245 Å². The molecule has 0 spiro atoms. The van der Waals surface area contributed by atoms with Crippen molar-refractivity contribution in [1.82, 2.24) is 29.2 Å². The zero-order valence-electron chi connectivity index (χ0n) is 24.1. The van der Waals surface area contributed by atoms with Gasteiger partial charge >= 0.3 is 0 Å². The molecule has 0 saturated carbocycles. The standard InChI is InChI=1S/C32H34ClN7O/c1-6-20-9-8-10-21(7-2)28(20)40-30(23-11-12-25(31(41)37(3)4)29-24(23)13-15-38(29)5)26-19-39(16-14-27(26)36-40)32-34-17-22(33)18-35-32/h8-13,15,17-18H,6-7,14,16,19H2,1-5H3. The van der Waals surface area contributed by atoms with Crippen LogP contribution in [0, 0.1) is 0 Å². The van der Waals surface area contributed by atoms with Gasteiger partial charge in [0.05, 0.1) is 45.6 Å². The largest absolute Gasteiger partial charge is 0.350 e. The number of halogens is 1. The van der Waals surface area contributed by atoms with E-state index in [1.54, 1.807) is 31.4 Å². The number of fused-ring (bicyclic) bond motifs is 2. The van der Waals surface area contributed by atoms with Gasteiger partial charge in [0.15, 0.2) is 0 Å². The van der Waals surface area contributed by atoms with Crippen LogP contribution in [0.3, 0.4) is 0 Å². The van der Waals surface area contributed by atoms with Gasteiger partial charge in [0.25, 0.3) is 5.91 Å². The van der Waals surface area contributed by atoms with Crippen LogP contribution in [-0.2, 0) is 32.9 Å². The van der Waals surface area contributed by atoms with Crippen molar-refractivity contribution in [3.8, 4) is 16.9 Å². The first-order valence-electron chi connectivity index (χ1n) is 14.1. The van der Waals surface area contributed by atoms with Crippen molar-refractivity contribution in [2.45, 2.75) is 39.7 Å². The Morgan fingerprint density at radius 2 is 1.73 bits per heavy atom. The number of amides is 1. The van der Waals surface area contributed by atoms with Crippen LogP contribution in [0.5, 0.6) is 0 Å². The fourth-order valence-electron chi connectivity index (χ4n) is 5.98. The SMILES string of the molecule is CCc1cccc(CC)c1-n1nc2c(c1-c1ccc(C(=O)N(C)C)c3c1ccn3C)CN(c1ncc(Cl)cn1)CC2. The first-order valence-corrected chi connectivity index (χ1v) is 14.4. The highest BCUT2D eigenvalue weighted by atomic mass is 35.5. The van der Waals surface area contributed by atoms with E-state index in [1.807, 2.05) is 23.9 Å². The molecule has 1 aliphatic rings. The minimum atomic E-state index is -0.0189. The molecule has 2 aromatic carbocycles. The van der Waals surface area contributed by atoms with Crippen LogP contribution in [-0.4, -0.2) is 55.8 Å². The number of benzene rings is 2. The summed E-state index contributed by atoms with van der Waals surface area (Å²) in [5, 5.41) is 6.84. The molecule has 3 aromatic heterocycles. The summed E-state index contributed by atoms with van der Waals surface area (Å²) in [7, 11) is 5.57. The Kier molecular flexibility index (Phi) is 7.03. The van der Waals surface area contributed by atoms with E-state index in [9.17, 15) is 4.79 Å². The van der Waals surface area contributed by atoms with Gasteiger partial charge in [-0.2, -0.15) is 5.10 Å². The van der Waals surface area contributed by atoms with Gasteiger partial charge in [-0.1, -0.05) is 49.7 Å². The first-order chi connectivity index (χ1) is 19.8. The molecular formula is C32H34ClN7O. The number of aryl methyl sites for hydroxylation is 3. The molecule has 0 aliphatic carbocycles. The van der Waals surface area contributed by atoms with E-state index in [4.69, 9.17) is 16.7 Å².